The minimum atomic E-state index is -0.934. The summed E-state index contributed by atoms with van der Waals surface area (Å²) in [6, 6.07) is 3.55. The van der Waals surface area contributed by atoms with Crippen molar-refractivity contribution in [3.05, 3.63) is 35.4 Å². The normalized spacial score (nSPS) is 17.0. The van der Waals surface area contributed by atoms with Crippen molar-refractivity contribution >= 4 is 5.91 Å². The van der Waals surface area contributed by atoms with E-state index in [0.29, 0.717) is 18.4 Å². The number of nitrogens with zero attached hydrogens (tertiary/aromatic N) is 1. The molecule has 0 heterocycles. The van der Waals surface area contributed by atoms with Crippen molar-refractivity contribution in [2.24, 2.45) is 5.84 Å². The van der Waals surface area contributed by atoms with Gasteiger partial charge in [0.1, 0.15) is 0 Å². The van der Waals surface area contributed by atoms with Crippen LogP contribution in [0, 0.1) is 11.6 Å². The van der Waals surface area contributed by atoms with Gasteiger partial charge in [-0.3, -0.25) is 9.80 Å². The maximum Gasteiger partial charge on any atom is 0.246 e. The zero-order valence-corrected chi connectivity index (χ0v) is 8.84. The largest absolute Gasteiger partial charge is 0.283 e. The van der Waals surface area contributed by atoms with Crippen molar-refractivity contribution in [3.8, 4) is 0 Å². The summed E-state index contributed by atoms with van der Waals surface area (Å²) in [6.45, 7) is 0. The van der Waals surface area contributed by atoms with Gasteiger partial charge in [-0.15, -0.1) is 0 Å². The highest BCUT2D eigenvalue weighted by Crippen LogP contribution is 2.49. The molecule has 1 fully saturated rings. The topological polar surface area (TPSA) is 46.3 Å². The fourth-order valence-corrected chi connectivity index (χ4v) is 1.88. The number of nitrogens with two attached hydrogens (primary N) is 1. The van der Waals surface area contributed by atoms with E-state index in [9.17, 15) is 13.6 Å². The van der Waals surface area contributed by atoms with Gasteiger partial charge in [-0.1, -0.05) is 6.07 Å². The molecule has 3 nitrogen and oxygen atoms in total. The van der Waals surface area contributed by atoms with Crippen LogP contribution < -0.4 is 5.84 Å². The number of carbonyl (C=O) groups is 1. The molecule has 1 aromatic rings. The summed E-state index contributed by atoms with van der Waals surface area (Å²) in [6.07, 6.45) is 1.25. The Balaban J connectivity index is 2.37. The first-order valence-electron chi connectivity index (χ1n) is 4.96. The van der Waals surface area contributed by atoms with Gasteiger partial charge in [0.15, 0.2) is 11.6 Å². The van der Waals surface area contributed by atoms with E-state index in [1.54, 1.807) is 0 Å². The third-order valence-corrected chi connectivity index (χ3v) is 2.95. The lowest BCUT2D eigenvalue weighted by atomic mass is 9.94. The van der Waals surface area contributed by atoms with E-state index < -0.39 is 17.0 Å². The Morgan fingerprint density at radius 2 is 2.00 bits per heavy atom. The number of rotatable bonds is 2. The Bertz CT molecular complexity index is 442. The summed E-state index contributed by atoms with van der Waals surface area (Å²) in [5.74, 6) is 3.27. The molecule has 2 rings (SSSR count). The van der Waals surface area contributed by atoms with Gasteiger partial charge in [0.2, 0.25) is 5.91 Å². The summed E-state index contributed by atoms with van der Waals surface area (Å²) < 4.78 is 25.8. The molecule has 0 aromatic heterocycles. The molecular formula is C11H12F2N2O. The highest BCUT2D eigenvalue weighted by Gasteiger charge is 2.52. The van der Waals surface area contributed by atoms with Crippen LogP contribution in [0.5, 0.6) is 0 Å². The lowest BCUT2D eigenvalue weighted by Crippen LogP contribution is -2.41. The first-order chi connectivity index (χ1) is 7.47. The fourth-order valence-electron chi connectivity index (χ4n) is 1.88. The average molecular weight is 226 g/mol. The van der Waals surface area contributed by atoms with Gasteiger partial charge >= 0.3 is 0 Å². The Kier molecular flexibility index (Phi) is 2.42. The van der Waals surface area contributed by atoms with E-state index >= 15 is 0 Å². The van der Waals surface area contributed by atoms with Gasteiger partial charge in [0.25, 0.3) is 0 Å². The van der Waals surface area contributed by atoms with E-state index in [1.165, 1.54) is 13.1 Å². The molecule has 2 N–H and O–H groups in total. The van der Waals surface area contributed by atoms with E-state index in [0.717, 1.165) is 17.1 Å². The lowest BCUT2D eigenvalue weighted by molar-refractivity contribution is -0.132. The predicted octanol–water partition coefficient (Wildman–Crippen LogP) is 1.33. The van der Waals surface area contributed by atoms with Crippen LogP contribution in [0.3, 0.4) is 0 Å². The smallest absolute Gasteiger partial charge is 0.246 e. The molecular weight excluding hydrogens is 214 g/mol. The fraction of sp³-hybridized carbons (Fsp3) is 0.364. The van der Waals surface area contributed by atoms with Crippen LogP contribution in [0.1, 0.15) is 18.4 Å². The van der Waals surface area contributed by atoms with Gasteiger partial charge in [-0.2, -0.15) is 0 Å². The maximum atomic E-state index is 13.1. The summed E-state index contributed by atoms with van der Waals surface area (Å²) in [4.78, 5) is 11.8. The number of carbonyl (C=O) groups excluding carboxylic acids is 1. The molecule has 0 spiro atoms. The Labute approximate surface area is 91.8 Å². The first kappa shape index (κ1) is 11.0. The SMILES string of the molecule is CN(N)C(=O)C1(c2ccc(F)c(F)c2)CC1. The molecule has 16 heavy (non-hydrogen) atoms. The van der Waals surface area contributed by atoms with E-state index in [2.05, 4.69) is 0 Å². The molecule has 1 aliphatic carbocycles. The van der Waals surface area contributed by atoms with Crippen molar-refractivity contribution in [2.45, 2.75) is 18.3 Å². The van der Waals surface area contributed by atoms with Crippen LogP contribution >= 0.6 is 0 Å². The molecule has 0 atom stereocenters. The summed E-state index contributed by atoms with van der Waals surface area (Å²) in [5, 5.41) is 0.994. The third kappa shape index (κ3) is 1.57. The number of likely N-dealkylation sites (N-methyl/N-ethyl adjacent to an activating group) is 1. The van der Waals surface area contributed by atoms with E-state index in [1.807, 2.05) is 0 Å². The lowest BCUT2D eigenvalue weighted by Gasteiger charge is -2.19. The number of hydrazine groups is 1. The molecule has 0 radical (unpaired) electrons. The van der Waals surface area contributed by atoms with Gasteiger partial charge < -0.3 is 0 Å². The Morgan fingerprint density at radius 1 is 1.38 bits per heavy atom. The minimum Gasteiger partial charge on any atom is -0.283 e. The monoisotopic (exact) mass is 226 g/mol. The van der Waals surface area contributed by atoms with Crippen molar-refractivity contribution < 1.29 is 13.6 Å². The molecule has 1 aliphatic rings. The first-order valence-corrected chi connectivity index (χ1v) is 4.96. The highest BCUT2D eigenvalue weighted by atomic mass is 19.2. The van der Waals surface area contributed by atoms with Crippen molar-refractivity contribution in [2.75, 3.05) is 7.05 Å². The second-order valence-electron chi connectivity index (χ2n) is 4.13. The summed E-state index contributed by atoms with van der Waals surface area (Å²) in [7, 11) is 1.45. The number of benzene rings is 1. The summed E-state index contributed by atoms with van der Waals surface area (Å²) in [5.41, 5.74) is -0.244. The van der Waals surface area contributed by atoms with Crippen LogP contribution in [0.25, 0.3) is 0 Å². The van der Waals surface area contributed by atoms with Crippen LogP contribution in [0.4, 0.5) is 8.78 Å². The number of hydrogen-bond acceptors (Lipinski definition) is 2. The standard InChI is InChI=1S/C11H12F2N2O/c1-15(14)10(16)11(4-5-11)7-2-3-8(12)9(13)6-7/h2-3,6H,4-5,14H2,1H3. The predicted molar refractivity (Wildman–Crippen MR) is 54.2 cm³/mol. The van der Waals surface area contributed by atoms with Gasteiger partial charge in [0.05, 0.1) is 5.41 Å². The van der Waals surface area contributed by atoms with Gasteiger partial charge in [0, 0.05) is 7.05 Å². The van der Waals surface area contributed by atoms with Crippen molar-refractivity contribution in [1.29, 1.82) is 0 Å². The van der Waals surface area contributed by atoms with Gasteiger partial charge in [-0.05, 0) is 30.5 Å². The summed E-state index contributed by atoms with van der Waals surface area (Å²) >= 11 is 0. The van der Waals surface area contributed by atoms with Crippen LogP contribution in [-0.4, -0.2) is 18.0 Å². The number of halogens is 2. The van der Waals surface area contributed by atoms with Crippen LogP contribution in [0.2, 0.25) is 0 Å². The third-order valence-electron chi connectivity index (χ3n) is 2.95. The Morgan fingerprint density at radius 3 is 2.44 bits per heavy atom. The molecule has 0 aliphatic heterocycles. The molecule has 1 aromatic carbocycles. The molecule has 0 bridgehead atoms. The second-order valence-corrected chi connectivity index (χ2v) is 4.13. The maximum absolute atomic E-state index is 13.1. The zero-order valence-electron chi connectivity index (χ0n) is 8.84. The van der Waals surface area contributed by atoms with Crippen molar-refractivity contribution in [1.82, 2.24) is 5.01 Å². The second kappa shape index (κ2) is 3.52. The van der Waals surface area contributed by atoms with Crippen LogP contribution in [-0.2, 0) is 10.2 Å². The quantitative estimate of drug-likeness (QED) is 0.470. The molecule has 0 unspecified atom stereocenters. The molecule has 1 amide bonds. The van der Waals surface area contributed by atoms with Gasteiger partial charge in [-0.25, -0.2) is 14.6 Å². The van der Waals surface area contributed by atoms with Crippen molar-refractivity contribution in [3.63, 3.8) is 0 Å². The number of amides is 1. The zero-order chi connectivity index (χ0) is 11.9. The average Bonchev–Trinajstić information content (AvgIpc) is 3.02. The van der Waals surface area contributed by atoms with E-state index in [4.69, 9.17) is 5.84 Å². The highest BCUT2D eigenvalue weighted by molar-refractivity contribution is 5.90. The number of hydrogen-bond donors (Lipinski definition) is 1. The minimum absolute atomic E-state index is 0.265. The van der Waals surface area contributed by atoms with Crippen LogP contribution in [0.15, 0.2) is 18.2 Å². The molecule has 86 valence electrons. The molecule has 5 heteroatoms. The van der Waals surface area contributed by atoms with E-state index in [-0.39, 0.29) is 5.91 Å². The Hall–Kier alpha value is -1.49. The molecule has 1 saturated carbocycles. The molecule has 0 saturated heterocycles.